The van der Waals surface area contributed by atoms with E-state index in [2.05, 4.69) is 5.32 Å². The smallest absolute Gasteiger partial charge is 0.411 e. The number of sulfonamides is 1. The van der Waals surface area contributed by atoms with Gasteiger partial charge in [-0.15, -0.1) is 0 Å². The third kappa shape index (κ3) is 11.7. The number of hydrogen-bond donors (Lipinski definition) is 2. The molecule has 1 aliphatic heterocycles. The van der Waals surface area contributed by atoms with Crippen LogP contribution in [-0.2, 0) is 30.8 Å². The third-order valence-corrected chi connectivity index (χ3v) is 10.6. The number of likely N-dealkylation sites (tertiary alicyclic amines) is 1. The number of nitro benzene ring substituents is 1. The molecule has 58 heavy (non-hydrogen) atoms. The number of carbonyl (C=O) groups excluding carboxylic acids is 3. The summed E-state index contributed by atoms with van der Waals surface area (Å²) in [6.07, 6.45) is -1.59. The van der Waals surface area contributed by atoms with Gasteiger partial charge in [0.2, 0.25) is 5.91 Å². The Hall–Kier alpha value is -5.67. The summed E-state index contributed by atoms with van der Waals surface area (Å²) in [5.74, 6) is -0.531. The van der Waals surface area contributed by atoms with E-state index in [1.54, 1.807) is 57.2 Å². The lowest BCUT2D eigenvalue weighted by molar-refractivity contribution is -0.384. The lowest BCUT2D eigenvalue weighted by Crippen LogP contribution is -2.55. The first kappa shape index (κ1) is 43.5. The number of nitrogens with one attached hydrogen (secondary N) is 2. The van der Waals surface area contributed by atoms with E-state index in [9.17, 15) is 32.9 Å². The van der Waals surface area contributed by atoms with Crippen molar-refractivity contribution in [3.63, 3.8) is 0 Å². The molecule has 3 amide bonds. The Morgan fingerprint density at radius 2 is 1.53 bits per heavy atom. The summed E-state index contributed by atoms with van der Waals surface area (Å²) in [5.41, 5.74) is 2.11. The summed E-state index contributed by atoms with van der Waals surface area (Å²) in [6, 6.07) is 22.3. The second-order valence-electron chi connectivity index (χ2n) is 15.5. The number of nitrogens with zero attached hydrogens (tertiary/aromatic N) is 2. The van der Waals surface area contributed by atoms with E-state index in [0.717, 1.165) is 34.9 Å². The molecular weight excluding hydrogens is 788 g/mol. The van der Waals surface area contributed by atoms with Gasteiger partial charge in [-0.25, -0.2) is 17.9 Å². The van der Waals surface area contributed by atoms with Crippen LogP contribution in [0.5, 0.6) is 11.5 Å². The van der Waals surface area contributed by atoms with Crippen LogP contribution in [0.25, 0.3) is 11.1 Å². The minimum absolute atomic E-state index is 0.0216. The minimum atomic E-state index is -4.70. The third-order valence-electron chi connectivity index (χ3n) is 8.97. The van der Waals surface area contributed by atoms with E-state index in [1.807, 2.05) is 61.9 Å². The van der Waals surface area contributed by atoms with Crippen molar-refractivity contribution in [3.05, 3.63) is 117 Å². The van der Waals surface area contributed by atoms with Gasteiger partial charge >= 0.3 is 6.09 Å². The molecule has 3 atom stereocenters. The molecule has 0 radical (unpaired) electrons. The molecule has 0 aromatic heterocycles. The first-order chi connectivity index (χ1) is 27.3. The Morgan fingerprint density at radius 1 is 0.931 bits per heavy atom. The summed E-state index contributed by atoms with van der Waals surface area (Å²) in [5, 5.41) is 13.8. The zero-order chi connectivity index (χ0) is 42.4. The molecule has 5 rings (SSSR count). The van der Waals surface area contributed by atoms with Crippen molar-refractivity contribution in [3.8, 4) is 22.6 Å². The molecule has 16 heteroatoms. The van der Waals surface area contributed by atoms with Gasteiger partial charge in [-0.1, -0.05) is 79.5 Å². The summed E-state index contributed by atoms with van der Waals surface area (Å²) in [4.78, 5) is 52.8. The zero-order valence-electron chi connectivity index (χ0n) is 33.1. The van der Waals surface area contributed by atoms with Crippen LogP contribution in [0.3, 0.4) is 0 Å². The predicted molar refractivity (Wildman–Crippen MR) is 218 cm³/mol. The van der Waals surface area contributed by atoms with Gasteiger partial charge in [0.1, 0.15) is 40.3 Å². The molecular formula is C42H47ClN4O10S. The topological polar surface area (TPSA) is 183 Å². The Labute approximate surface area is 343 Å². The number of carbonyl (C=O) groups is 3. The predicted octanol–water partition coefficient (Wildman–Crippen LogP) is 7.25. The Bertz CT molecular complexity index is 2230. The first-order valence-corrected chi connectivity index (χ1v) is 20.5. The monoisotopic (exact) mass is 834 g/mol. The second-order valence-corrected chi connectivity index (χ2v) is 17.6. The van der Waals surface area contributed by atoms with Gasteiger partial charge in [-0.2, -0.15) is 0 Å². The number of ether oxygens (including phenoxy) is 3. The van der Waals surface area contributed by atoms with E-state index < -0.39 is 67.2 Å². The van der Waals surface area contributed by atoms with E-state index in [4.69, 9.17) is 25.8 Å². The molecule has 0 saturated carbocycles. The molecule has 308 valence electrons. The van der Waals surface area contributed by atoms with Crippen LogP contribution in [-0.4, -0.2) is 73.1 Å². The number of rotatable bonds is 14. The van der Waals surface area contributed by atoms with Crippen molar-refractivity contribution in [2.24, 2.45) is 5.92 Å². The van der Waals surface area contributed by atoms with E-state index >= 15 is 0 Å². The number of halogens is 1. The quantitative estimate of drug-likeness (QED) is 0.0970. The van der Waals surface area contributed by atoms with Crippen LogP contribution in [0.4, 0.5) is 10.5 Å². The first-order valence-electron chi connectivity index (χ1n) is 18.6. The highest BCUT2D eigenvalue weighted by molar-refractivity contribution is 7.90. The standard InChI is InChI=1S/C42H47ClN4O10S/c1-26(2)25-55-31-15-9-28(10-16-31)21-36(39(48)45-58(53,54)34-19-20-35(43)37(23-34)47(51)52)44-40(49)38-22-33(24-46(38)41(50)57-42(4,5)6)56-32-17-13-30(14-18-32)29-11-7-27(3)8-12-29/h7-20,23,26,33,36,38H,21-22,24-25H2,1-6H3,(H,44,49)(H,45,48)/t33-,36-,38-/m0/s1. The lowest BCUT2D eigenvalue weighted by atomic mass is 10.0. The molecule has 4 aromatic carbocycles. The molecule has 0 bridgehead atoms. The van der Waals surface area contributed by atoms with Crippen molar-refractivity contribution < 1.29 is 41.9 Å². The maximum absolute atomic E-state index is 14.2. The SMILES string of the molecule is Cc1ccc(-c2ccc(O[C@H]3C[C@@H](C(=O)N[C@@H](Cc4ccc(OCC(C)C)cc4)C(=O)NS(=O)(=O)c4ccc(Cl)c([N+](=O)[O-])c4)N(C(=O)OC(C)(C)C)C3)cc2)cc1. The molecule has 0 spiro atoms. The van der Waals surface area contributed by atoms with Crippen molar-refractivity contribution in [2.75, 3.05) is 13.2 Å². The van der Waals surface area contributed by atoms with E-state index in [0.29, 0.717) is 23.7 Å². The van der Waals surface area contributed by atoms with Crippen LogP contribution in [0.15, 0.2) is 95.9 Å². The van der Waals surface area contributed by atoms with Crippen molar-refractivity contribution in [1.29, 1.82) is 0 Å². The fourth-order valence-corrected chi connectivity index (χ4v) is 7.30. The number of amides is 3. The van der Waals surface area contributed by atoms with Crippen LogP contribution >= 0.6 is 11.6 Å². The maximum atomic E-state index is 14.2. The van der Waals surface area contributed by atoms with Crippen LogP contribution in [0.2, 0.25) is 5.02 Å². The van der Waals surface area contributed by atoms with Gasteiger partial charge < -0.3 is 19.5 Å². The van der Waals surface area contributed by atoms with Gasteiger partial charge in [0, 0.05) is 18.9 Å². The molecule has 1 aliphatic rings. The van der Waals surface area contributed by atoms with Crippen molar-refractivity contribution in [1.82, 2.24) is 14.9 Å². The Balaban J connectivity index is 1.39. The Morgan fingerprint density at radius 3 is 2.12 bits per heavy atom. The lowest BCUT2D eigenvalue weighted by Gasteiger charge is -2.28. The molecule has 14 nitrogen and oxygen atoms in total. The van der Waals surface area contributed by atoms with E-state index in [1.165, 1.54) is 4.90 Å². The number of benzene rings is 4. The summed E-state index contributed by atoms with van der Waals surface area (Å²) in [6.45, 7) is 11.5. The highest BCUT2D eigenvalue weighted by Crippen LogP contribution is 2.29. The molecule has 1 saturated heterocycles. The molecule has 1 fully saturated rings. The average Bonchev–Trinajstić information content (AvgIpc) is 3.58. The zero-order valence-corrected chi connectivity index (χ0v) is 34.6. The van der Waals surface area contributed by atoms with Crippen LogP contribution in [0, 0.1) is 23.0 Å². The highest BCUT2D eigenvalue weighted by Gasteiger charge is 2.44. The number of hydrogen-bond acceptors (Lipinski definition) is 10. The fraction of sp³-hybridized carbons (Fsp3) is 0.357. The van der Waals surface area contributed by atoms with Gasteiger partial charge in [0.05, 0.1) is 23.0 Å². The average molecular weight is 835 g/mol. The fourth-order valence-electron chi connectivity index (χ4n) is 6.08. The van der Waals surface area contributed by atoms with E-state index in [-0.39, 0.29) is 30.3 Å². The molecule has 2 N–H and O–H groups in total. The van der Waals surface area contributed by atoms with Gasteiger partial charge in [0.15, 0.2) is 0 Å². The van der Waals surface area contributed by atoms with Crippen molar-refractivity contribution >= 4 is 45.2 Å². The van der Waals surface area contributed by atoms with Gasteiger partial charge in [0.25, 0.3) is 21.6 Å². The molecule has 4 aromatic rings. The largest absolute Gasteiger partial charge is 0.493 e. The Kier molecular flexibility index (Phi) is 13.7. The van der Waals surface area contributed by atoms with Gasteiger partial charge in [-0.3, -0.25) is 24.6 Å². The van der Waals surface area contributed by atoms with Gasteiger partial charge in [-0.05, 0) is 86.7 Å². The molecule has 0 unspecified atom stereocenters. The molecule has 1 heterocycles. The van der Waals surface area contributed by atoms with Crippen LogP contribution in [0.1, 0.15) is 52.2 Å². The minimum Gasteiger partial charge on any atom is -0.493 e. The summed E-state index contributed by atoms with van der Waals surface area (Å²) in [7, 11) is -4.70. The molecule has 0 aliphatic carbocycles. The number of nitro groups is 1. The highest BCUT2D eigenvalue weighted by atomic mass is 35.5. The second kappa shape index (κ2) is 18.3. The number of aryl methyl sites for hydroxylation is 1. The van der Waals surface area contributed by atoms with Crippen molar-refractivity contribution in [2.45, 2.75) is 83.1 Å². The maximum Gasteiger partial charge on any atom is 0.411 e. The summed E-state index contributed by atoms with van der Waals surface area (Å²) < 4.78 is 46.4. The van der Waals surface area contributed by atoms with Crippen LogP contribution < -0.4 is 19.5 Å². The summed E-state index contributed by atoms with van der Waals surface area (Å²) >= 11 is 5.89. The normalized spacial score (nSPS) is 16.0.